The van der Waals surface area contributed by atoms with Crippen LogP contribution in [0.2, 0.25) is 0 Å². The zero-order valence-corrected chi connectivity index (χ0v) is 11.2. The van der Waals surface area contributed by atoms with E-state index in [9.17, 15) is 9.59 Å². The van der Waals surface area contributed by atoms with Crippen molar-refractivity contribution in [2.75, 3.05) is 7.05 Å². The maximum Gasteiger partial charge on any atom is 0.251 e. The molecule has 1 aromatic rings. The van der Waals surface area contributed by atoms with Crippen molar-refractivity contribution in [3.05, 3.63) is 33.4 Å². The number of carbonyl (C=O) groups is 2. The Kier molecular flexibility index (Phi) is 4.72. The number of hydrogen-bond acceptors (Lipinski definition) is 2. The van der Waals surface area contributed by atoms with E-state index in [1.807, 2.05) is 6.07 Å². The van der Waals surface area contributed by atoms with Gasteiger partial charge in [-0.05, 0) is 47.7 Å². The van der Waals surface area contributed by atoms with Crippen LogP contribution in [0.15, 0.2) is 24.3 Å². The predicted octanol–water partition coefficient (Wildman–Crippen LogP) is 1.16. The van der Waals surface area contributed by atoms with Crippen LogP contribution in [0.5, 0.6) is 0 Å². The van der Waals surface area contributed by atoms with E-state index in [-0.39, 0.29) is 11.8 Å². The van der Waals surface area contributed by atoms with Crippen molar-refractivity contribution in [2.24, 2.45) is 0 Å². The molecule has 0 aliphatic carbocycles. The van der Waals surface area contributed by atoms with Crippen LogP contribution in [0.1, 0.15) is 17.3 Å². The van der Waals surface area contributed by atoms with Crippen LogP contribution < -0.4 is 10.6 Å². The molecule has 0 radical (unpaired) electrons. The first-order chi connectivity index (χ1) is 7.54. The first kappa shape index (κ1) is 13.0. The van der Waals surface area contributed by atoms with E-state index in [1.165, 1.54) is 7.05 Å². The highest BCUT2D eigenvalue weighted by Crippen LogP contribution is 2.07. The van der Waals surface area contributed by atoms with Crippen molar-refractivity contribution < 1.29 is 9.59 Å². The average molecular weight is 332 g/mol. The van der Waals surface area contributed by atoms with Gasteiger partial charge in [0.25, 0.3) is 5.91 Å². The Morgan fingerprint density at radius 2 is 2.06 bits per heavy atom. The highest BCUT2D eigenvalue weighted by atomic mass is 127. The maximum atomic E-state index is 11.7. The smallest absolute Gasteiger partial charge is 0.251 e. The summed E-state index contributed by atoms with van der Waals surface area (Å²) in [7, 11) is 1.54. The van der Waals surface area contributed by atoms with E-state index in [0.29, 0.717) is 5.56 Å². The van der Waals surface area contributed by atoms with Gasteiger partial charge in [0.2, 0.25) is 5.91 Å². The van der Waals surface area contributed by atoms with Gasteiger partial charge >= 0.3 is 0 Å². The zero-order chi connectivity index (χ0) is 12.1. The molecule has 0 fully saturated rings. The Labute approximate surface area is 108 Å². The highest BCUT2D eigenvalue weighted by molar-refractivity contribution is 14.1. The minimum absolute atomic E-state index is 0.209. The van der Waals surface area contributed by atoms with E-state index in [0.717, 1.165) is 3.57 Å². The lowest BCUT2D eigenvalue weighted by molar-refractivity contribution is -0.122. The Morgan fingerprint density at radius 1 is 1.38 bits per heavy atom. The highest BCUT2D eigenvalue weighted by Gasteiger charge is 2.14. The van der Waals surface area contributed by atoms with Crippen LogP contribution in [0.25, 0.3) is 0 Å². The van der Waals surface area contributed by atoms with Crippen molar-refractivity contribution in [2.45, 2.75) is 13.0 Å². The molecule has 0 spiro atoms. The van der Waals surface area contributed by atoms with Crippen molar-refractivity contribution in [3.63, 3.8) is 0 Å². The molecule has 16 heavy (non-hydrogen) atoms. The van der Waals surface area contributed by atoms with E-state index in [1.54, 1.807) is 25.1 Å². The van der Waals surface area contributed by atoms with Crippen LogP contribution in [0, 0.1) is 3.57 Å². The second-order valence-electron chi connectivity index (χ2n) is 3.32. The van der Waals surface area contributed by atoms with Crippen molar-refractivity contribution >= 4 is 34.4 Å². The molecule has 1 unspecified atom stereocenters. The third-order valence-electron chi connectivity index (χ3n) is 2.07. The number of carbonyl (C=O) groups excluding carboxylic acids is 2. The minimum atomic E-state index is -0.532. The molecule has 0 saturated carbocycles. The lowest BCUT2D eigenvalue weighted by Gasteiger charge is -2.12. The summed E-state index contributed by atoms with van der Waals surface area (Å²) >= 11 is 2.13. The summed E-state index contributed by atoms with van der Waals surface area (Å²) in [4.78, 5) is 23.0. The largest absolute Gasteiger partial charge is 0.357 e. The first-order valence-electron chi connectivity index (χ1n) is 4.82. The molecule has 0 aliphatic heterocycles. The Balaban J connectivity index is 2.69. The fourth-order valence-corrected chi connectivity index (χ4v) is 1.73. The number of likely N-dealkylation sites (N-methyl/N-ethyl adjacent to an activating group) is 1. The molecule has 4 nitrogen and oxygen atoms in total. The first-order valence-corrected chi connectivity index (χ1v) is 5.90. The molecule has 0 saturated heterocycles. The van der Waals surface area contributed by atoms with Gasteiger partial charge in [-0.15, -0.1) is 0 Å². The monoisotopic (exact) mass is 332 g/mol. The summed E-state index contributed by atoms with van der Waals surface area (Å²) in [6, 6.07) is 6.66. The Hall–Kier alpha value is -1.11. The number of amides is 2. The van der Waals surface area contributed by atoms with E-state index in [4.69, 9.17) is 0 Å². The van der Waals surface area contributed by atoms with Crippen molar-refractivity contribution in [1.29, 1.82) is 0 Å². The fraction of sp³-hybridized carbons (Fsp3) is 0.273. The molecule has 1 aromatic carbocycles. The molecule has 86 valence electrons. The van der Waals surface area contributed by atoms with Gasteiger partial charge in [-0.2, -0.15) is 0 Å². The van der Waals surface area contributed by atoms with E-state index in [2.05, 4.69) is 33.2 Å². The van der Waals surface area contributed by atoms with Gasteiger partial charge in [-0.3, -0.25) is 9.59 Å². The second-order valence-corrected chi connectivity index (χ2v) is 4.57. The van der Waals surface area contributed by atoms with Gasteiger partial charge in [-0.1, -0.05) is 6.07 Å². The van der Waals surface area contributed by atoms with Crippen LogP contribution >= 0.6 is 22.6 Å². The Morgan fingerprint density at radius 3 is 2.62 bits per heavy atom. The van der Waals surface area contributed by atoms with Gasteiger partial charge < -0.3 is 10.6 Å². The minimum Gasteiger partial charge on any atom is -0.357 e. The SMILES string of the molecule is CNC(=O)C(C)NC(=O)c1cccc(I)c1. The van der Waals surface area contributed by atoms with Gasteiger partial charge in [0.05, 0.1) is 0 Å². The summed E-state index contributed by atoms with van der Waals surface area (Å²) in [5.74, 6) is -0.450. The summed E-state index contributed by atoms with van der Waals surface area (Å²) in [5.41, 5.74) is 0.558. The molecule has 0 heterocycles. The van der Waals surface area contributed by atoms with E-state index >= 15 is 0 Å². The summed E-state index contributed by atoms with van der Waals surface area (Å²) < 4.78 is 0.984. The summed E-state index contributed by atoms with van der Waals surface area (Å²) in [6.45, 7) is 1.64. The fourth-order valence-electron chi connectivity index (χ4n) is 1.19. The molecule has 5 heteroatoms. The van der Waals surface area contributed by atoms with Crippen LogP contribution in [0.4, 0.5) is 0 Å². The van der Waals surface area contributed by atoms with Gasteiger partial charge in [0.1, 0.15) is 6.04 Å². The quantitative estimate of drug-likeness (QED) is 0.816. The number of halogens is 1. The van der Waals surface area contributed by atoms with Crippen LogP contribution in [-0.2, 0) is 4.79 Å². The van der Waals surface area contributed by atoms with Crippen molar-refractivity contribution in [3.8, 4) is 0 Å². The van der Waals surface area contributed by atoms with Crippen molar-refractivity contribution in [1.82, 2.24) is 10.6 Å². The molecule has 0 aromatic heterocycles. The average Bonchev–Trinajstić information content (AvgIpc) is 2.27. The Bertz CT molecular complexity index is 407. The summed E-state index contributed by atoms with van der Waals surface area (Å²) in [6.07, 6.45) is 0. The number of rotatable bonds is 3. The second kappa shape index (κ2) is 5.83. The summed E-state index contributed by atoms with van der Waals surface area (Å²) in [5, 5.41) is 5.10. The molecule has 2 amide bonds. The number of nitrogens with one attached hydrogen (secondary N) is 2. The molecule has 1 rings (SSSR count). The normalized spacial score (nSPS) is 11.7. The van der Waals surface area contributed by atoms with Crippen LogP contribution in [-0.4, -0.2) is 24.9 Å². The topological polar surface area (TPSA) is 58.2 Å². The molecular formula is C11H13IN2O2. The van der Waals surface area contributed by atoms with Crippen LogP contribution in [0.3, 0.4) is 0 Å². The van der Waals surface area contributed by atoms with Gasteiger partial charge in [0, 0.05) is 16.2 Å². The molecule has 0 aliphatic rings. The molecule has 0 bridgehead atoms. The molecule has 1 atom stereocenters. The maximum absolute atomic E-state index is 11.7. The van der Waals surface area contributed by atoms with E-state index < -0.39 is 6.04 Å². The third-order valence-corrected chi connectivity index (χ3v) is 2.75. The lowest BCUT2D eigenvalue weighted by Crippen LogP contribution is -2.43. The zero-order valence-electron chi connectivity index (χ0n) is 9.08. The number of benzene rings is 1. The predicted molar refractivity (Wildman–Crippen MR) is 70.2 cm³/mol. The lowest BCUT2D eigenvalue weighted by atomic mass is 10.2. The van der Waals surface area contributed by atoms with Gasteiger partial charge in [0.15, 0.2) is 0 Å². The standard InChI is InChI=1S/C11H13IN2O2/c1-7(10(15)13-2)14-11(16)8-4-3-5-9(12)6-8/h3-7H,1-2H3,(H,13,15)(H,14,16). The van der Waals surface area contributed by atoms with Gasteiger partial charge in [-0.25, -0.2) is 0 Å². The number of hydrogen-bond donors (Lipinski definition) is 2. The molecule has 2 N–H and O–H groups in total. The molecular weight excluding hydrogens is 319 g/mol. The third kappa shape index (κ3) is 3.48.